The van der Waals surface area contributed by atoms with Gasteiger partial charge >= 0.3 is 0 Å². The highest BCUT2D eigenvalue weighted by Crippen LogP contribution is 2.19. The minimum absolute atomic E-state index is 0.764. The van der Waals surface area contributed by atoms with Crippen LogP contribution < -0.4 is 5.32 Å². The van der Waals surface area contributed by atoms with E-state index in [4.69, 9.17) is 4.74 Å². The fourth-order valence-electron chi connectivity index (χ4n) is 2.79. The molecule has 1 aliphatic heterocycles. The van der Waals surface area contributed by atoms with Crippen molar-refractivity contribution >= 4 is 10.8 Å². The summed E-state index contributed by atoms with van der Waals surface area (Å²) >= 11 is 0. The number of benzene rings is 2. The maximum atomic E-state index is 5.40. The van der Waals surface area contributed by atoms with E-state index in [-0.39, 0.29) is 0 Å². The number of fused-ring (bicyclic) bond motifs is 1. The molecule has 1 atom stereocenters. The zero-order chi connectivity index (χ0) is 12.9. The zero-order valence-electron chi connectivity index (χ0n) is 11.3. The molecular weight excluding hydrogens is 234 g/mol. The summed E-state index contributed by atoms with van der Waals surface area (Å²) in [5, 5.41) is 6.25. The van der Waals surface area contributed by atoms with Gasteiger partial charge in [0.1, 0.15) is 0 Å². The molecule has 2 aromatic carbocycles. The maximum Gasteiger partial charge on any atom is 0.0495 e. The van der Waals surface area contributed by atoms with Crippen LogP contribution in [0.15, 0.2) is 42.5 Å². The largest absolute Gasteiger partial charge is 0.381 e. The lowest BCUT2D eigenvalue weighted by Crippen LogP contribution is -2.18. The molecule has 1 N–H and O–H groups in total. The smallest absolute Gasteiger partial charge is 0.0495 e. The molecule has 0 amide bonds. The molecule has 0 aliphatic carbocycles. The molecule has 2 heteroatoms. The molecule has 1 fully saturated rings. The minimum Gasteiger partial charge on any atom is -0.381 e. The van der Waals surface area contributed by atoms with Gasteiger partial charge in [-0.3, -0.25) is 0 Å². The van der Waals surface area contributed by atoms with Gasteiger partial charge in [-0.15, -0.1) is 0 Å². The Hall–Kier alpha value is -1.38. The summed E-state index contributed by atoms with van der Waals surface area (Å²) in [6, 6.07) is 15.1. The van der Waals surface area contributed by atoms with Crippen LogP contribution in [0.1, 0.15) is 18.4 Å². The highest BCUT2D eigenvalue weighted by molar-refractivity contribution is 5.85. The monoisotopic (exact) mass is 255 g/mol. The molecule has 0 bridgehead atoms. The molecule has 0 spiro atoms. The lowest BCUT2D eigenvalue weighted by atomic mass is 10.0. The van der Waals surface area contributed by atoms with Crippen LogP contribution in [0.25, 0.3) is 10.8 Å². The molecule has 0 aromatic heterocycles. The van der Waals surface area contributed by atoms with Crippen LogP contribution in [0.3, 0.4) is 0 Å². The normalized spacial score (nSPS) is 19.1. The van der Waals surface area contributed by atoms with Gasteiger partial charge in [0.05, 0.1) is 0 Å². The van der Waals surface area contributed by atoms with Gasteiger partial charge in [-0.05, 0) is 41.6 Å². The van der Waals surface area contributed by atoms with Crippen molar-refractivity contribution in [3.8, 4) is 0 Å². The van der Waals surface area contributed by atoms with Gasteiger partial charge in [-0.25, -0.2) is 0 Å². The summed E-state index contributed by atoms with van der Waals surface area (Å²) in [7, 11) is 0. The van der Waals surface area contributed by atoms with Gasteiger partial charge in [0.2, 0.25) is 0 Å². The second-order valence-corrected chi connectivity index (χ2v) is 5.33. The van der Waals surface area contributed by atoms with E-state index >= 15 is 0 Å². The Balaban J connectivity index is 1.56. The molecule has 2 aromatic rings. The third-order valence-electron chi connectivity index (χ3n) is 3.95. The van der Waals surface area contributed by atoms with Crippen molar-refractivity contribution in [3.63, 3.8) is 0 Å². The van der Waals surface area contributed by atoms with Gasteiger partial charge < -0.3 is 10.1 Å². The van der Waals surface area contributed by atoms with E-state index in [2.05, 4.69) is 47.8 Å². The molecule has 3 rings (SSSR count). The third kappa shape index (κ3) is 3.14. The summed E-state index contributed by atoms with van der Waals surface area (Å²) in [6.07, 6.45) is 2.46. The number of hydrogen-bond acceptors (Lipinski definition) is 2. The summed E-state index contributed by atoms with van der Waals surface area (Å²) in [4.78, 5) is 0. The molecule has 2 nitrogen and oxygen atoms in total. The van der Waals surface area contributed by atoms with Crippen LogP contribution in [0, 0.1) is 5.92 Å². The Morgan fingerprint density at radius 1 is 1.11 bits per heavy atom. The molecule has 100 valence electrons. The van der Waals surface area contributed by atoms with Crippen LogP contribution in [0.5, 0.6) is 0 Å². The first-order chi connectivity index (χ1) is 9.43. The summed E-state index contributed by atoms with van der Waals surface area (Å²) in [5.74, 6) is 0.764. The highest BCUT2D eigenvalue weighted by atomic mass is 16.5. The van der Waals surface area contributed by atoms with Crippen molar-refractivity contribution < 1.29 is 4.74 Å². The van der Waals surface area contributed by atoms with Crippen LogP contribution in [0.4, 0.5) is 0 Å². The predicted octanol–water partition coefficient (Wildman–Crippen LogP) is 3.36. The van der Waals surface area contributed by atoms with Gasteiger partial charge in [-0.1, -0.05) is 42.5 Å². The van der Waals surface area contributed by atoms with Crippen LogP contribution in [0.2, 0.25) is 0 Å². The third-order valence-corrected chi connectivity index (χ3v) is 3.95. The van der Waals surface area contributed by atoms with Crippen molar-refractivity contribution in [1.29, 1.82) is 0 Å². The Labute approximate surface area is 114 Å². The van der Waals surface area contributed by atoms with E-state index < -0.39 is 0 Å². The predicted molar refractivity (Wildman–Crippen MR) is 79.2 cm³/mol. The van der Waals surface area contributed by atoms with Crippen molar-refractivity contribution in [2.24, 2.45) is 5.92 Å². The maximum absolute atomic E-state index is 5.40. The standard InChI is InChI=1S/C17H21NO/c1-2-7-17-15(4-1)5-3-6-16(17)12-18-10-8-14-9-11-19-13-14/h1-7,14,18H,8-13H2. The Kier molecular flexibility index (Phi) is 4.11. The first-order valence-corrected chi connectivity index (χ1v) is 7.18. The number of nitrogens with one attached hydrogen (secondary N) is 1. The molecule has 0 saturated carbocycles. The second-order valence-electron chi connectivity index (χ2n) is 5.33. The minimum atomic E-state index is 0.764. The average molecular weight is 255 g/mol. The Bertz CT molecular complexity index is 526. The molecule has 1 saturated heterocycles. The highest BCUT2D eigenvalue weighted by Gasteiger charge is 2.14. The van der Waals surface area contributed by atoms with Crippen molar-refractivity contribution in [1.82, 2.24) is 5.32 Å². The van der Waals surface area contributed by atoms with E-state index in [0.29, 0.717) is 0 Å². The Morgan fingerprint density at radius 3 is 2.89 bits per heavy atom. The number of ether oxygens (including phenoxy) is 1. The molecule has 0 radical (unpaired) electrons. The molecular formula is C17H21NO. The van der Waals surface area contributed by atoms with E-state index in [9.17, 15) is 0 Å². The van der Waals surface area contributed by atoms with Crippen LogP contribution in [-0.4, -0.2) is 19.8 Å². The summed E-state index contributed by atoms with van der Waals surface area (Å²) in [6.45, 7) is 3.94. The van der Waals surface area contributed by atoms with Gasteiger partial charge in [-0.2, -0.15) is 0 Å². The lowest BCUT2D eigenvalue weighted by molar-refractivity contribution is 0.184. The molecule has 1 aliphatic rings. The summed E-state index contributed by atoms with van der Waals surface area (Å²) < 4.78 is 5.40. The lowest BCUT2D eigenvalue weighted by Gasteiger charge is -2.10. The second kappa shape index (κ2) is 6.18. The van der Waals surface area contributed by atoms with Gasteiger partial charge in [0, 0.05) is 19.8 Å². The molecule has 1 unspecified atom stereocenters. The van der Waals surface area contributed by atoms with E-state index in [0.717, 1.165) is 32.2 Å². The van der Waals surface area contributed by atoms with E-state index in [1.165, 1.54) is 29.2 Å². The summed E-state index contributed by atoms with van der Waals surface area (Å²) in [5.41, 5.74) is 1.39. The first-order valence-electron chi connectivity index (χ1n) is 7.18. The van der Waals surface area contributed by atoms with Crippen molar-refractivity contribution in [3.05, 3.63) is 48.0 Å². The van der Waals surface area contributed by atoms with Gasteiger partial charge in [0.25, 0.3) is 0 Å². The SMILES string of the molecule is c1ccc2c(CNCCC3CCOC3)cccc2c1. The zero-order valence-corrected chi connectivity index (χ0v) is 11.3. The van der Waals surface area contributed by atoms with E-state index in [1.807, 2.05) is 0 Å². The van der Waals surface area contributed by atoms with E-state index in [1.54, 1.807) is 0 Å². The van der Waals surface area contributed by atoms with Crippen LogP contribution >= 0.6 is 0 Å². The topological polar surface area (TPSA) is 21.3 Å². The quantitative estimate of drug-likeness (QED) is 0.827. The first kappa shape index (κ1) is 12.6. The van der Waals surface area contributed by atoms with Crippen molar-refractivity contribution in [2.45, 2.75) is 19.4 Å². The average Bonchev–Trinajstić information content (AvgIpc) is 2.97. The van der Waals surface area contributed by atoms with Crippen LogP contribution in [-0.2, 0) is 11.3 Å². The fraction of sp³-hybridized carbons (Fsp3) is 0.412. The molecule has 1 heterocycles. The van der Waals surface area contributed by atoms with Crippen molar-refractivity contribution in [2.75, 3.05) is 19.8 Å². The fourth-order valence-corrected chi connectivity index (χ4v) is 2.79. The number of rotatable bonds is 5. The Morgan fingerprint density at radius 2 is 2.00 bits per heavy atom. The van der Waals surface area contributed by atoms with Gasteiger partial charge in [0.15, 0.2) is 0 Å². The number of hydrogen-bond donors (Lipinski definition) is 1. The molecule has 19 heavy (non-hydrogen) atoms.